The highest BCUT2D eigenvalue weighted by Crippen LogP contribution is 2.22. The molecule has 3 aromatic heterocycles. The Hall–Kier alpha value is -2.48. The minimum absolute atomic E-state index is 0.155. The van der Waals surface area contributed by atoms with Crippen LogP contribution in [0.5, 0.6) is 0 Å². The number of aryl methyl sites for hydroxylation is 2. The second-order valence-electron chi connectivity index (χ2n) is 4.61. The summed E-state index contributed by atoms with van der Waals surface area (Å²) in [6.07, 6.45) is 2.18. The maximum Gasteiger partial charge on any atom is 0.328 e. The highest BCUT2D eigenvalue weighted by atomic mass is 32.1. The van der Waals surface area contributed by atoms with Crippen LogP contribution in [0.15, 0.2) is 26.6 Å². The number of aromatic nitrogens is 4. The van der Waals surface area contributed by atoms with Gasteiger partial charge in [0.15, 0.2) is 0 Å². The Morgan fingerprint density at radius 2 is 2.00 bits per heavy atom. The monoisotopic (exact) mass is 304 g/mol. The molecular weight excluding hydrogens is 292 g/mol. The summed E-state index contributed by atoms with van der Waals surface area (Å²) < 4.78 is 1.23. The molecule has 108 valence electrons. The topological polar surface area (TPSA) is 101 Å². The molecule has 2 N–H and O–H groups in total. The number of H-pyrrole nitrogens is 2. The Kier molecular flexibility index (Phi) is 3.09. The maximum absolute atomic E-state index is 12.1. The number of nitrogens with zero attached hydrogens (tertiary/aromatic N) is 2. The molecule has 0 aliphatic rings. The molecule has 0 aliphatic heterocycles. The lowest BCUT2D eigenvalue weighted by Gasteiger charge is -2.02. The second-order valence-corrected chi connectivity index (χ2v) is 5.73. The molecule has 0 bridgehead atoms. The molecule has 3 heterocycles. The van der Waals surface area contributed by atoms with Crippen molar-refractivity contribution >= 4 is 21.6 Å². The zero-order chi connectivity index (χ0) is 15.1. The van der Waals surface area contributed by atoms with E-state index in [-0.39, 0.29) is 16.9 Å². The van der Waals surface area contributed by atoms with Crippen LogP contribution in [-0.4, -0.2) is 19.5 Å². The molecule has 3 aromatic rings. The van der Waals surface area contributed by atoms with E-state index in [1.54, 1.807) is 6.07 Å². The molecule has 8 heteroatoms. The molecule has 21 heavy (non-hydrogen) atoms. The van der Waals surface area contributed by atoms with Crippen LogP contribution in [0.1, 0.15) is 11.8 Å². The summed E-state index contributed by atoms with van der Waals surface area (Å²) in [5, 5.41) is 0.516. The Morgan fingerprint density at radius 1 is 1.24 bits per heavy atom. The zero-order valence-electron chi connectivity index (χ0n) is 11.4. The first-order valence-corrected chi connectivity index (χ1v) is 7.14. The summed E-state index contributed by atoms with van der Waals surface area (Å²) in [7, 11) is 1.51. The predicted octanol–water partition coefficient (Wildman–Crippen LogP) is 0.601. The molecule has 0 aliphatic carbocycles. The van der Waals surface area contributed by atoms with Crippen molar-refractivity contribution < 1.29 is 0 Å². The van der Waals surface area contributed by atoms with Crippen LogP contribution in [0.4, 0.5) is 0 Å². The molecule has 3 rings (SSSR count). The van der Waals surface area contributed by atoms with Crippen molar-refractivity contribution in [3.05, 3.63) is 48.3 Å². The lowest BCUT2D eigenvalue weighted by atomic mass is 10.3. The van der Waals surface area contributed by atoms with Crippen molar-refractivity contribution in [1.82, 2.24) is 19.5 Å². The van der Waals surface area contributed by atoms with Gasteiger partial charge in [0.2, 0.25) is 0 Å². The van der Waals surface area contributed by atoms with Crippen LogP contribution in [-0.2, 0) is 13.5 Å². The first-order chi connectivity index (χ1) is 9.99. The minimum atomic E-state index is -0.576. The number of fused-ring (bicyclic) bond motifs is 1. The van der Waals surface area contributed by atoms with E-state index in [4.69, 9.17) is 0 Å². The van der Waals surface area contributed by atoms with Crippen molar-refractivity contribution in [3.8, 4) is 11.4 Å². The van der Waals surface area contributed by atoms with Crippen molar-refractivity contribution in [1.29, 1.82) is 0 Å². The van der Waals surface area contributed by atoms with Gasteiger partial charge in [-0.2, -0.15) is 0 Å². The fourth-order valence-corrected chi connectivity index (χ4v) is 2.98. The van der Waals surface area contributed by atoms with Gasteiger partial charge in [-0.3, -0.25) is 14.6 Å². The molecule has 0 aromatic carbocycles. The van der Waals surface area contributed by atoms with Gasteiger partial charge in [0.05, 0.1) is 10.9 Å². The van der Waals surface area contributed by atoms with E-state index >= 15 is 0 Å². The van der Waals surface area contributed by atoms with E-state index in [1.807, 2.05) is 6.92 Å². The Balaban J connectivity index is 2.31. The summed E-state index contributed by atoms with van der Waals surface area (Å²) in [5.74, 6) is 0.161. The van der Waals surface area contributed by atoms with Gasteiger partial charge in [-0.1, -0.05) is 6.92 Å². The molecule has 0 amide bonds. The van der Waals surface area contributed by atoms with Crippen molar-refractivity contribution in [2.45, 2.75) is 13.3 Å². The average Bonchev–Trinajstić information content (AvgIpc) is 2.86. The van der Waals surface area contributed by atoms with Crippen LogP contribution < -0.4 is 16.8 Å². The van der Waals surface area contributed by atoms with Gasteiger partial charge >= 0.3 is 5.69 Å². The first kappa shape index (κ1) is 13.5. The third kappa shape index (κ3) is 2.23. The van der Waals surface area contributed by atoms with Gasteiger partial charge in [0.1, 0.15) is 10.7 Å². The van der Waals surface area contributed by atoms with Gasteiger partial charge in [-0.05, 0) is 12.5 Å². The maximum atomic E-state index is 12.1. The predicted molar refractivity (Wildman–Crippen MR) is 80.9 cm³/mol. The van der Waals surface area contributed by atoms with Gasteiger partial charge in [-0.25, -0.2) is 9.78 Å². The number of hydrogen-bond donors (Lipinski definition) is 2. The van der Waals surface area contributed by atoms with E-state index < -0.39 is 11.2 Å². The summed E-state index contributed by atoms with van der Waals surface area (Å²) in [6.45, 7) is 2.00. The molecule has 0 spiro atoms. The van der Waals surface area contributed by atoms with E-state index in [0.29, 0.717) is 10.2 Å². The van der Waals surface area contributed by atoms with Gasteiger partial charge < -0.3 is 9.55 Å². The molecule has 0 fully saturated rings. The Labute approximate surface area is 121 Å². The molecule has 0 atom stereocenters. The quantitative estimate of drug-likeness (QED) is 0.724. The summed E-state index contributed by atoms with van der Waals surface area (Å²) in [5.41, 5.74) is -1.23. The smallest absolute Gasteiger partial charge is 0.306 e. The lowest BCUT2D eigenvalue weighted by molar-refractivity contribution is 0.800. The summed E-state index contributed by atoms with van der Waals surface area (Å²) in [6, 6.07) is 1.81. The average molecular weight is 304 g/mol. The largest absolute Gasteiger partial charge is 0.328 e. The second kappa shape index (κ2) is 4.81. The fraction of sp³-hybridized carbons (Fsp3) is 0.231. The molecule has 0 unspecified atom stereocenters. The number of hydrogen-bond acceptors (Lipinski definition) is 5. The van der Waals surface area contributed by atoms with Crippen LogP contribution in [0, 0.1) is 0 Å². The third-order valence-electron chi connectivity index (χ3n) is 3.17. The fourth-order valence-electron chi connectivity index (χ4n) is 2.02. The molecular formula is C13H12N4O3S. The number of rotatable bonds is 2. The SMILES string of the molecule is CCc1cc2c(=O)[nH]c(-c3cn(C)c(=O)[nH]c3=O)nc2s1. The molecule has 0 saturated heterocycles. The standard InChI is InChI=1S/C13H12N4O3S/c1-3-6-4-7-10(18)14-9(15-12(7)21-6)8-5-17(2)13(20)16-11(8)19/h4-5H,3H2,1-2H3,(H,14,15,18)(H,16,19,20). The van der Waals surface area contributed by atoms with Crippen LogP contribution in [0.25, 0.3) is 21.6 Å². The molecule has 0 saturated carbocycles. The Morgan fingerprint density at radius 3 is 2.71 bits per heavy atom. The van der Waals surface area contributed by atoms with Crippen molar-refractivity contribution in [2.75, 3.05) is 0 Å². The van der Waals surface area contributed by atoms with Crippen molar-refractivity contribution in [3.63, 3.8) is 0 Å². The van der Waals surface area contributed by atoms with Gasteiger partial charge in [0, 0.05) is 18.1 Å². The van der Waals surface area contributed by atoms with Crippen molar-refractivity contribution in [2.24, 2.45) is 7.05 Å². The van der Waals surface area contributed by atoms with Crippen LogP contribution in [0.2, 0.25) is 0 Å². The van der Waals surface area contributed by atoms with Crippen LogP contribution >= 0.6 is 11.3 Å². The highest BCUT2D eigenvalue weighted by molar-refractivity contribution is 7.18. The van der Waals surface area contributed by atoms with Crippen LogP contribution in [0.3, 0.4) is 0 Å². The first-order valence-electron chi connectivity index (χ1n) is 6.32. The normalized spacial score (nSPS) is 11.1. The molecule has 0 radical (unpaired) electrons. The zero-order valence-corrected chi connectivity index (χ0v) is 12.2. The number of aromatic amines is 2. The highest BCUT2D eigenvalue weighted by Gasteiger charge is 2.12. The van der Waals surface area contributed by atoms with E-state index in [2.05, 4.69) is 15.0 Å². The number of nitrogens with one attached hydrogen (secondary N) is 2. The summed E-state index contributed by atoms with van der Waals surface area (Å²) >= 11 is 1.42. The Bertz CT molecular complexity index is 1010. The number of thiophene rings is 1. The van der Waals surface area contributed by atoms with E-state index in [9.17, 15) is 14.4 Å². The van der Waals surface area contributed by atoms with E-state index in [0.717, 1.165) is 11.3 Å². The van der Waals surface area contributed by atoms with Gasteiger partial charge in [-0.15, -0.1) is 11.3 Å². The summed E-state index contributed by atoms with van der Waals surface area (Å²) in [4.78, 5) is 46.1. The van der Waals surface area contributed by atoms with E-state index in [1.165, 1.54) is 29.1 Å². The molecule has 7 nitrogen and oxygen atoms in total. The van der Waals surface area contributed by atoms with Gasteiger partial charge in [0.25, 0.3) is 11.1 Å². The third-order valence-corrected chi connectivity index (χ3v) is 4.34. The minimum Gasteiger partial charge on any atom is -0.306 e. The lowest BCUT2D eigenvalue weighted by Crippen LogP contribution is -2.29.